The summed E-state index contributed by atoms with van der Waals surface area (Å²) in [6.07, 6.45) is 3.92. The van der Waals surface area contributed by atoms with Crippen molar-refractivity contribution in [3.63, 3.8) is 0 Å². The first kappa shape index (κ1) is 13.1. The SMILES string of the molecule is CCCOc1ccnc(N(CC)C2CCNC2)n1. The van der Waals surface area contributed by atoms with Gasteiger partial charge in [0.05, 0.1) is 6.61 Å². The predicted molar refractivity (Wildman–Crippen MR) is 72.1 cm³/mol. The Hall–Kier alpha value is -1.36. The van der Waals surface area contributed by atoms with Crippen molar-refractivity contribution in [1.82, 2.24) is 15.3 Å². The molecule has 0 saturated carbocycles. The van der Waals surface area contributed by atoms with Gasteiger partial charge < -0.3 is 15.0 Å². The van der Waals surface area contributed by atoms with Crippen LogP contribution >= 0.6 is 0 Å². The maximum atomic E-state index is 5.56. The second-order valence-electron chi connectivity index (χ2n) is 4.48. The number of hydrogen-bond acceptors (Lipinski definition) is 5. The van der Waals surface area contributed by atoms with E-state index in [1.165, 1.54) is 0 Å². The van der Waals surface area contributed by atoms with Crippen LogP contribution < -0.4 is 15.0 Å². The molecule has 1 aromatic rings. The fourth-order valence-electron chi connectivity index (χ4n) is 2.23. The fraction of sp³-hybridized carbons (Fsp3) is 0.692. The number of ether oxygens (including phenoxy) is 1. The Kier molecular flexibility index (Phi) is 4.75. The number of aromatic nitrogens is 2. The second kappa shape index (κ2) is 6.54. The second-order valence-corrected chi connectivity index (χ2v) is 4.48. The molecule has 0 aromatic carbocycles. The fourth-order valence-corrected chi connectivity index (χ4v) is 2.23. The Morgan fingerprint density at radius 1 is 1.50 bits per heavy atom. The van der Waals surface area contributed by atoms with E-state index in [-0.39, 0.29) is 0 Å². The van der Waals surface area contributed by atoms with Gasteiger partial charge in [0.1, 0.15) is 0 Å². The lowest BCUT2D eigenvalue weighted by Crippen LogP contribution is -2.37. The maximum absolute atomic E-state index is 5.56. The van der Waals surface area contributed by atoms with Gasteiger partial charge in [0, 0.05) is 31.4 Å². The number of hydrogen-bond donors (Lipinski definition) is 1. The van der Waals surface area contributed by atoms with Crippen molar-refractivity contribution in [2.45, 2.75) is 32.7 Å². The van der Waals surface area contributed by atoms with E-state index in [0.29, 0.717) is 18.5 Å². The summed E-state index contributed by atoms with van der Waals surface area (Å²) in [6.45, 7) is 7.94. The lowest BCUT2D eigenvalue weighted by molar-refractivity contribution is 0.304. The molecule has 1 aliphatic heterocycles. The molecule has 0 radical (unpaired) electrons. The van der Waals surface area contributed by atoms with Crippen LogP contribution in [0.3, 0.4) is 0 Å². The highest BCUT2D eigenvalue weighted by atomic mass is 16.5. The van der Waals surface area contributed by atoms with E-state index in [1.54, 1.807) is 6.20 Å². The molecule has 1 N–H and O–H groups in total. The van der Waals surface area contributed by atoms with E-state index in [1.807, 2.05) is 6.07 Å². The van der Waals surface area contributed by atoms with E-state index < -0.39 is 0 Å². The molecule has 2 heterocycles. The van der Waals surface area contributed by atoms with Gasteiger partial charge in [-0.3, -0.25) is 0 Å². The summed E-state index contributed by atoms with van der Waals surface area (Å²) in [5.41, 5.74) is 0. The van der Waals surface area contributed by atoms with Crippen LogP contribution in [-0.4, -0.2) is 42.3 Å². The van der Waals surface area contributed by atoms with Crippen molar-refractivity contribution in [2.75, 3.05) is 31.1 Å². The molecule has 0 aliphatic carbocycles. The number of anilines is 1. The molecule has 1 atom stereocenters. The molecule has 0 spiro atoms. The summed E-state index contributed by atoms with van der Waals surface area (Å²) < 4.78 is 5.56. The third-order valence-corrected chi connectivity index (χ3v) is 3.14. The summed E-state index contributed by atoms with van der Waals surface area (Å²) in [5, 5.41) is 3.38. The highest BCUT2D eigenvalue weighted by molar-refractivity contribution is 5.34. The average Bonchev–Trinajstić information content (AvgIpc) is 2.92. The van der Waals surface area contributed by atoms with Crippen molar-refractivity contribution in [1.29, 1.82) is 0 Å². The van der Waals surface area contributed by atoms with Crippen LogP contribution in [0.25, 0.3) is 0 Å². The summed E-state index contributed by atoms with van der Waals surface area (Å²) >= 11 is 0. The third kappa shape index (κ3) is 3.10. The molecule has 0 bridgehead atoms. The van der Waals surface area contributed by atoms with Crippen molar-refractivity contribution >= 4 is 5.95 Å². The molecule has 5 heteroatoms. The van der Waals surface area contributed by atoms with Crippen molar-refractivity contribution < 1.29 is 4.74 Å². The molecule has 1 aliphatic rings. The summed E-state index contributed by atoms with van der Waals surface area (Å²) in [4.78, 5) is 11.1. The first-order chi connectivity index (χ1) is 8.85. The van der Waals surface area contributed by atoms with Crippen LogP contribution in [0.4, 0.5) is 5.95 Å². The minimum Gasteiger partial charge on any atom is -0.478 e. The molecule has 1 saturated heterocycles. The molecule has 100 valence electrons. The average molecular weight is 250 g/mol. The van der Waals surface area contributed by atoms with Crippen LogP contribution in [0.1, 0.15) is 26.7 Å². The number of nitrogens with one attached hydrogen (secondary N) is 1. The summed E-state index contributed by atoms with van der Waals surface area (Å²) in [7, 11) is 0. The van der Waals surface area contributed by atoms with Gasteiger partial charge in [-0.05, 0) is 26.3 Å². The Labute approximate surface area is 109 Å². The highest BCUT2D eigenvalue weighted by Crippen LogP contribution is 2.18. The molecule has 5 nitrogen and oxygen atoms in total. The first-order valence-electron chi connectivity index (χ1n) is 6.78. The zero-order valence-corrected chi connectivity index (χ0v) is 11.2. The van der Waals surface area contributed by atoms with Gasteiger partial charge in [0.2, 0.25) is 11.8 Å². The number of rotatable bonds is 6. The normalized spacial score (nSPS) is 18.9. The van der Waals surface area contributed by atoms with Gasteiger partial charge in [-0.2, -0.15) is 4.98 Å². The van der Waals surface area contributed by atoms with Gasteiger partial charge in [0.15, 0.2) is 0 Å². The van der Waals surface area contributed by atoms with Gasteiger partial charge in [-0.15, -0.1) is 0 Å². The number of nitrogens with zero attached hydrogens (tertiary/aromatic N) is 3. The monoisotopic (exact) mass is 250 g/mol. The van der Waals surface area contributed by atoms with Crippen LogP contribution in [0.5, 0.6) is 5.88 Å². The van der Waals surface area contributed by atoms with Crippen LogP contribution in [0, 0.1) is 0 Å². The zero-order valence-electron chi connectivity index (χ0n) is 11.2. The Morgan fingerprint density at radius 3 is 3.06 bits per heavy atom. The smallest absolute Gasteiger partial charge is 0.228 e. The van der Waals surface area contributed by atoms with E-state index in [9.17, 15) is 0 Å². The Bertz CT molecular complexity index is 366. The van der Waals surface area contributed by atoms with Crippen molar-refractivity contribution in [2.24, 2.45) is 0 Å². The quantitative estimate of drug-likeness (QED) is 0.828. The van der Waals surface area contributed by atoms with E-state index in [4.69, 9.17) is 4.74 Å². The molecule has 1 unspecified atom stereocenters. The molecule has 2 rings (SSSR count). The molecular weight excluding hydrogens is 228 g/mol. The van der Waals surface area contributed by atoms with E-state index in [0.717, 1.165) is 38.4 Å². The standard InChI is InChI=1S/C13H22N4O/c1-3-9-18-12-6-8-15-13(16-12)17(4-2)11-5-7-14-10-11/h6,8,11,14H,3-5,7,9-10H2,1-2H3. The van der Waals surface area contributed by atoms with Crippen LogP contribution in [0.2, 0.25) is 0 Å². The van der Waals surface area contributed by atoms with Gasteiger partial charge in [-0.25, -0.2) is 4.98 Å². The van der Waals surface area contributed by atoms with Crippen molar-refractivity contribution in [3.05, 3.63) is 12.3 Å². The third-order valence-electron chi connectivity index (χ3n) is 3.14. The molecule has 18 heavy (non-hydrogen) atoms. The van der Waals surface area contributed by atoms with E-state index in [2.05, 4.69) is 34.0 Å². The summed E-state index contributed by atoms with van der Waals surface area (Å²) in [5.74, 6) is 1.45. The first-order valence-corrected chi connectivity index (χ1v) is 6.78. The zero-order chi connectivity index (χ0) is 12.8. The molecular formula is C13H22N4O. The highest BCUT2D eigenvalue weighted by Gasteiger charge is 2.23. The van der Waals surface area contributed by atoms with Gasteiger partial charge in [0.25, 0.3) is 0 Å². The lowest BCUT2D eigenvalue weighted by atomic mass is 10.2. The maximum Gasteiger partial charge on any atom is 0.228 e. The Balaban J connectivity index is 2.09. The van der Waals surface area contributed by atoms with Gasteiger partial charge >= 0.3 is 0 Å². The van der Waals surface area contributed by atoms with Crippen molar-refractivity contribution in [3.8, 4) is 5.88 Å². The van der Waals surface area contributed by atoms with E-state index >= 15 is 0 Å². The minimum absolute atomic E-state index is 0.497. The minimum atomic E-state index is 0.497. The largest absolute Gasteiger partial charge is 0.478 e. The predicted octanol–water partition coefficient (Wildman–Crippen LogP) is 1.45. The lowest BCUT2D eigenvalue weighted by Gasteiger charge is -2.27. The van der Waals surface area contributed by atoms with Gasteiger partial charge in [-0.1, -0.05) is 6.92 Å². The molecule has 0 amide bonds. The molecule has 1 aromatic heterocycles. The van der Waals surface area contributed by atoms with Crippen LogP contribution in [0.15, 0.2) is 12.3 Å². The summed E-state index contributed by atoms with van der Waals surface area (Å²) in [6, 6.07) is 2.32. The Morgan fingerprint density at radius 2 is 2.39 bits per heavy atom. The molecule has 1 fully saturated rings. The van der Waals surface area contributed by atoms with Crippen LogP contribution in [-0.2, 0) is 0 Å². The topological polar surface area (TPSA) is 50.3 Å². The number of likely N-dealkylation sites (N-methyl/N-ethyl adjacent to an activating group) is 1.